The van der Waals surface area contributed by atoms with E-state index in [4.69, 9.17) is 18.9 Å². The number of anilines is 1. The first kappa shape index (κ1) is 60.6. The van der Waals surface area contributed by atoms with Gasteiger partial charge >= 0.3 is 0 Å². The van der Waals surface area contributed by atoms with Gasteiger partial charge in [-0.1, -0.05) is 51.1 Å². The Bertz CT molecular complexity index is 2270. The van der Waals surface area contributed by atoms with Crippen molar-refractivity contribution in [2.75, 3.05) is 64.7 Å². The molecule has 0 unspecified atom stereocenters. The van der Waals surface area contributed by atoms with Crippen LogP contribution in [0.5, 0.6) is 11.5 Å². The average molecular weight is 1060 g/mol. The normalized spacial score (nSPS) is 17.1. The van der Waals surface area contributed by atoms with E-state index in [2.05, 4.69) is 38.0 Å². The van der Waals surface area contributed by atoms with E-state index in [1.807, 2.05) is 51.1 Å². The second kappa shape index (κ2) is 27.8. The Hall–Kier alpha value is -3.53. The van der Waals surface area contributed by atoms with Crippen LogP contribution in [-0.2, 0) is 43.2 Å². The van der Waals surface area contributed by atoms with Gasteiger partial charge in [-0.15, -0.1) is 36.2 Å². The van der Waals surface area contributed by atoms with Gasteiger partial charge in [-0.3, -0.25) is 14.4 Å². The zero-order valence-electron chi connectivity index (χ0n) is 39.0. The number of ether oxygens (including phenoxy) is 4. The van der Waals surface area contributed by atoms with Crippen LogP contribution in [0.1, 0.15) is 68.8 Å². The molecule has 1 fully saturated rings. The predicted octanol–water partition coefficient (Wildman–Crippen LogP) is 7.17. The molecule has 1 aromatic heterocycles. The Labute approximate surface area is 435 Å². The van der Waals surface area contributed by atoms with Crippen molar-refractivity contribution in [3.05, 3.63) is 93.9 Å². The van der Waals surface area contributed by atoms with Gasteiger partial charge in [-0.25, -0.2) is 9.37 Å². The van der Waals surface area contributed by atoms with E-state index in [9.17, 15) is 18.8 Å². The van der Waals surface area contributed by atoms with Crippen molar-refractivity contribution in [3.8, 4) is 22.8 Å². The standard InChI is InChI=1S/C47H58F2N6O7S.2ClH.3H2S/c1-29(50-5)43(56)53-42(47(2,3)4)45(58)55-27-32-25-33(14-13-31(32)26-39(55)44(57)51-37-12-8-10-30-9-6-7-11-34(30)37)61-23-21-60-22-24-62-41-35(15-16-36(48)40(41)49)38-28-63-46(52-38)54-17-19-59-20-18-54;;;;;/h6-7,9,11,13-16,25,28-29,37,39,42,50H,8,10,12,17-24,26-27H2,1-5H3,(H,51,57)(H,53,56);2*1H;3*1H2/t29-,37+,39-,42+;;;;;/m0...../s1. The van der Waals surface area contributed by atoms with Gasteiger partial charge in [-0.2, -0.15) is 44.9 Å². The minimum Gasteiger partial charge on any atom is -0.491 e. The highest BCUT2D eigenvalue weighted by molar-refractivity contribution is 7.59. The van der Waals surface area contributed by atoms with Crippen LogP contribution in [-0.4, -0.2) is 106 Å². The monoisotopic (exact) mass is 1060 g/mol. The number of nitrogens with zero attached hydrogens (tertiary/aromatic N) is 3. The molecule has 3 heterocycles. The Morgan fingerprint density at radius 1 is 0.926 bits per heavy atom. The fourth-order valence-corrected chi connectivity index (χ4v) is 9.07. The third kappa shape index (κ3) is 14.8. The maximum Gasteiger partial charge on any atom is 0.246 e. The number of rotatable bonds is 16. The summed E-state index contributed by atoms with van der Waals surface area (Å²) in [5.74, 6) is -2.67. The number of hydrogen-bond acceptors (Lipinski definition) is 11. The molecule has 0 spiro atoms. The number of amides is 3. The first-order valence-electron chi connectivity index (χ1n) is 21.7. The Morgan fingerprint density at radius 2 is 1.63 bits per heavy atom. The summed E-state index contributed by atoms with van der Waals surface area (Å²) in [6.07, 6.45) is 2.99. The number of thiazole rings is 1. The summed E-state index contributed by atoms with van der Waals surface area (Å²) in [6.45, 7) is 10.6. The summed E-state index contributed by atoms with van der Waals surface area (Å²) in [4.78, 5) is 50.5. The van der Waals surface area contributed by atoms with Crippen LogP contribution in [0.25, 0.3) is 11.3 Å². The third-order valence-electron chi connectivity index (χ3n) is 11.9. The lowest BCUT2D eigenvalue weighted by molar-refractivity contribution is -0.147. The summed E-state index contributed by atoms with van der Waals surface area (Å²) in [5, 5.41) is 11.8. The molecule has 3 aromatic carbocycles. The molecule has 378 valence electrons. The maximum absolute atomic E-state index is 15.0. The van der Waals surface area contributed by atoms with E-state index in [1.165, 1.54) is 23.0 Å². The minimum absolute atomic E-state index is 0. The Balaban J connectivity index is 0.00000317. The number of likely N-dealkylation sites (N-methyl/N-ethyl adjacent to an activating group) is 1. The predicted molar refractivity (Wildman–Crippen MR) is 283 cm³/mol. The van der Waals surface area contributed by atoms with Crippen LogP contribution in [0.3, 0.4) is 0 Å². The van der Waals surface area contributed by atoms with Gasteiger partial charge in [-0.05, 0) is 85.2 Å². The number of benzene rings is 3. The van der Waals surface area contributed by atoms with Crippen LogP contribution in [0.2, 0.25) is 0 Å². The molecule has 4 aromatic rings. The van der Waals surface area contributed by atoms with Crippen molar-refractivity contribution < 1.29 is 42.1 Å². The van der Waals surface area contributed by atoms with Gasteiger partial charge in [0, 0.05) is 37.0 Å². The van der Waals surface area contributed by atoms with E-state index < -0.39 is 35.2 Å². The van der Waals surface area contributed by atoms with E-state index in [-0.39, 0.29) is 134 Å². The summed E-state index contributed by atoms with van der Waals surface area (Å²) in [6, 6.07) is 13.9. The summed E-state index contributed by atoms with van der Waals surface area (Å²) in [5.41, 5.74) is 4.25. The van der Waals surface area contributed by atoms with E-state index in [0.29, 0.717) is 43.3 Å². The number of aryl methyl sites for hydroxylation is 1. The van der Waals surface area contributed by atoms with E-state index in [1.54, 1.807) is 24.3 Å². The highest BCUT2D eigenvalue weighted by atomic mass is 35.5. The first-order chi connectivity index (χ1) is 30.3. The highest BCUT2D eigenvalue weighted by Crippen LogP contribution is 2.37. The molecule has 13 nitrogen and oxygen atoms in total. The SMILES string of the molecule is CN[C@@H](C)C(=O)N[C@H](C(=O)N1Cc2cc(OCCOCCOc3c(-c4csc(N5CCOCC5)n4)ccc(F)c3F)ccc2C[C@H]1C(=O)N[C@@H]1CCCc2ccccc21)C(C)(C)C.Cl.Cl.S.S.S. The van der Waals surface area contributed by atoms with E-state index >= 15 is 4.39 Å². The fraction of sp³-hybridized carbons (Fsp3) is 0.489. The molecule has 4 atom stereocenters. The van der Waals surface area contributed by atoms with Gasteiger partial charge < -0.3 is 44.7 Å². The van der Waals surface area contributed by atoms with Crippen molar-refractivity contribution in [2.45, 2.75) is 84.1 Å². The van der Waals surface area contributed by atoms with Gasteiger partial charge in [0.25, 0.3) is 0 Å². The van der Waals surface area contributed by atoms with Gasteiger partial charge in [0.05, 0.1) is 44.2 Å². The Morgan fingerprint density at radius 3 is 2.34 bits per heavy atom. The molecule has 3 amide bonds. The van der Waals surface area contributed by atoms with Gasteiger partial charge in [0.1, 0.15) is 31.0 Å². The number of carbonyl (C=O) groups excluding carboxylic acids is 3. The number of nitrogens with one attached hydrogen (secondary N) is 3. The number of carbonyl (C=O) groups is 3. The molecule has 0 bridgehead atoms. The molecule has 3 N–H and O–H groups in total. The van der Waals surface area contributed by atoms with Crippen LogP contribution < -0.4 is 30.3 Å². The lowest BCUT2D eigenvalue weighted by Crippen LogP contribution is -2.62. The topological polar surface area (TPSA) is 144 Å². The fourth-order valence-electron chi connectivity index (χ4n) is 8.19. The molecule has 7 rings (SSSR count). The lowest BCUT2D eigenvalue weighted by atomic mass is 9.83. The van der Waals surface area contributed by atoms with Crippen molar-refractivity contribution in [3.63, 3.8) is 0 Å². The second-order valence-corrected chi connectivity index (χ2v) is 18.1. The number of hydrogen-bond donors (Lipinski definition) is 3. The molecule has 1 saturated heterocycles. The minimum atomic E-state index is -1.09. The first-order valence-corrected chi connectivity index (χ1v) is 22.6. The maximum atomic E-state index is 15.0. The summed E-state index contributed by atoms with van der Waals surface area (Å²) < 4.78 is 52.3. The van der Waals surface area contributed by atoms with E-state index in [0.717, 1.165) is 47.2 Å². The second-order valence-electron chi connectivity index (χ2n) is 17.2. The highest BCUT2D eigenvalue weighted by Gasteiger charge is 2.43. The molecular formula is C47H66Cl2F2N6O7S4. The molecule has 0 saturated carbocycles. The number of halogens is 4. The Kier molecular flexibility index (Phi) is 24.7. The van der Waals surface area contributed by atoms with Crippen LogP contribution in [0.4, 0.5) is 13.9 Å². The molecule has 0 radical (unpaired) electrons. The number of aromatic nitrogens is 1. The van der Waals surface area contributed by atoms with Gasteiger partial charge in [0.15, 0.2) is 16.7 Å². The molecule has 2 aliphatic heterocycles. The quantitative estimate of drug-likeness (QED) is 0.0990. The molecule has 3 aliphatic rings. The number of morpholine rings is 1. The molecular weight excluding hydrogens is 998 g/mol. The van der Waals surface area contributed by atoms with Crippen LogP contribution in [0, 0.1) is 17.0 Å². The number of fused-ring (bicyclic) bond motifs is 2. The van der Waals surface area contributed by atoms with Crippen LogP contribution >= 0.6 is 76.6 Å². The smallest absolute Gasteiger partial charge is 0.246 e. The summed E-state index contributed by atoms with van der Waals surface area (Å²) >= 11 is 1.42. The third-order valence-corrected chi connectivity index (χ3v) is 12.8. The molecule has 21 heteroatoms. The zero-order valence-corrected chi connectivity index (χ0v) is 44.4. The van der Waals surface area contributed by atoms with Crippen molar-refractivity contribution >= 4 is 99.5 Å². The average Bonchev–Trinajstić information content (AvgIpc) is 3.78. The largest absolute Gasteiger partial charge is 0.491 e. The lowest BCUT2D eigenvalue weighted by Gasteiger charge is -2.41. The van der Waals surface area contributed by atoms with Crippen molar-refractivity contribution in [1.29, 1.82) is 0 Å². The summed E-state index contributed by atoms with van der Waals surface area (Å²) in [7, 11) is 1.68. The van der Waals surface area contributed by atoms with Gasteiger partial charge in [0.2, 0.25) is 23.5 Å². The molecule has 68 heavy (non-hydrogen) atoms. The van der Waals surface area contributed by atoms with Crippen molar-refractivity contribution in [2.24, 2.45) is 5.41 Å². The molecule has 1 aliphatic carbocycles. The van der Waals surface area contributed by atoms with Crippen molar-refractivity contribution in [1.82, 2.24) is 25.8 Å². The van der Waals surface area contributed by atoms with Crippen LogP contribution in [0.15, 0.2) is 60.0 Å². The zero-order chi connectivity index (χ0) is 44.7.